The molecule has 0 spiro atoms. The lowest BCUT2D eigenvalue weighted by Gasteiger charge is -2.49. The van der Waals surface area contributed by atoms with Gasteiger partial charge in [0.05, 0.1) is 6.61 Å². The molecule has 0 aliphatic carbocycles. The van der Waals surface area contributed by atoms with Crippen LogP contribution in [-0.4, -0.2) is 71.7 Å². The number of β-lactam (4-membered cyclic amide) rings is 1. The number of nitrogens with one attached hydrogen (secondary N) is 1. The normalized spacial score (nSPS) is 19.8. The Bertz CT molecular complexity index is 1210. The molecule has 1 unspecified atom stereocenters. The van der Waals surface area contributed by atoms with E-state index in [1.54, 1.807) is 36.0 Å². The third kappa shape index (κ3) is 4.96. The number of aliphatic carboxylic acids is 1. The number of nitrogen functional groups attached to an aromatic ring is 1. The van der Waals surface area contributed by atoms with E-state index in [0.29, 0.717) is 11.3 Å². The summed E-state index contributed by atoms with van der Waals surface area (Å²) in [4.78, 5) is 48.0. The van der Waals surface area contributed by atoms with Crippen LogP contribution in [0, 0.1) is 0 Å². The van der Waals surface area contributed by atoms with Gasteiger partial charge in [-0.1, -0.05) is 5.16 Å². The van der Waals surface area contributed by atoms with Crippen molar-refractivity contribution in [1.29, 1.82) is 0 Å². The van der Waals surface area contributed by atoms with Crippen molar-refractivity contribution in [1.82, 2.24) is 19.6 Å². The second-order valence-electron chi connectivity index (χ2n) is 7.47. The summed E-state index contributed by atoms with van der Waals surface area (Å²) in [6, 6.07) is 2.50. The van der Waals surface area contributed by atoms with Gasteiger partial charge < -0.3 is 26.1 Å². The van der Waals surface area contributed by atoms with Gasteiger partial charge in [0.1, 0.15) is 23.7 Å². The highest BCUT2D eigenvalue weighted by Gasteiger charge is 2.54. The van der Waals surface area contributed by atoms with Crippen LogP contribution >= 0.6 is 23.3 Å². The number of carbonyl (C=O) groups is 3. The molecule has 15 heteroatoms. The third-order valence-corrected chi connectivity index (χ3v) is 7.09. The van der Waals surface area contributed by atoms with Crippen LogP contribution in [0.5, 0.6) is 0 Å². The van der Waals surface area contributed by atoms with E-state index in [-0.39, 0.29) is 42.1 Å². The van der Waals surface area contributed by atoms with Crippen molar-refractivity contribution in [3.8, 4) is 0 Å². The Morgan fingerprint density at radius 2 is 2.14 bits per heavy atom. The van der Waals surface area contributed by atoms with Crippen molar-refractivity contribution < 1.29 is 34.0 Å². The first-order chi connectivity index (χ1) is 16.8. The zero-order chi connectivity index (χ0) is 25.1. The SMILES string of the molecule is CCON=C(C(=O)NC1C(=O)N2C(C(=O)O)=C(C[n+]3ccc(CO)cc3)CS[C@@H]12)c1nsc(N)n1. The Labute approximate surface area is 207 Å². The van der Waals surface area contributed by atoms with Crippen molar-refractivity contribution in [2.24, 2.45) is 5.16 Å². The Kier molecular flexibility index (Phi) is 7.28. The summed E-state index contributed by atoms with van der Waals surface area (Å²) in [6.45, 7) is 2.04. The maximum Gasteiger partial charge on any atom is 0.352 e. The minimum absolute atomic E-state index is 0.0315. The van der Waals surface area contributed by atoms with E-state index >= 15 is 0 Å². The molecule has 0 bridgehead atoms. The van der Waals surface area contributed by atoms with Gasteiger partial charge in [0.25, 0.3) is 11.8 Å². The Hall–Kier alpha value is -3.56. The summed E-state index contributed by atoms with van der Waals surface area (Å²) < 4.78 is 5.74. The van der Waals surface area contributed by atoms with E-state index in [4.69, 9.17) is 10.6 Å². The molecule has 1 fully saturated rings. The molecule has 1 saturated heterocycles. The molecule has 5 N–H and O–H groups in total. The maximum atomic E-state index is 13.0. The average Bonchev–Trinajstić information content (AvgIpc) is 3.28. The lowest BCUT2D eigenvalue weighted by Crippen LogP contribution is -2.71. The molecule has 4 heterocycles. The maximum absolute atomic E-state index is 13.0. The number of aromatic nitrogens is 3. The summed E-state index contributed by atoms with van der Waals surface area (Å²) in [5.41, 5.74) is 6.55. The molecule has 4 rings (SSSR count). The Balaban J connectivity index is 1.52. The smallest absolute Gasteiger partial charge is 0.352 e. The Morgan fingerprint density at radius 1 is 1.40 bits per heavy atom. The van der Waals surface area contributed by atoms with Gasteiger partial charge in [-0.05, 0) is 12.5 Å². The molecule has 0 saturated carbocycles. The number of fused-ring (bicyclic) bond motifs is 1. The molecule has 2 amide bonds. The predicted molar refractivity (Wildman–Crippen MR) is 125 cm³/mol. The number of carbonyl (C=O) groups excluding carboxylic acids is 2. The number of hydrogen-bond acceptors (Lipinski definition) is 11. The van der Waals surface area contributed by atoms with Crippen molar-refractivity contribution >= 4 is 51.9 Å². The van der Waals surface area contributed by atoms with Crippen LogP contribution in [0.1, 0.15) is 18.3 Å². The number of aliphatic hydroxyl groups excluding tert-OH is 1. The molecule has 0 radical (unpaired) electrons. The van der Waals surface area contributed by atoms with Crippen LogP contribution in [-0.2, 0) is 32.4 Å². The molecule has 0 aromatic carbocycles. The topological polar surface area (TPSA) is 184 Å². The van der Waals surface area contributed by atoms with Gasteiger partial charge in [0.2, 0.25) is 11.5 Å². The van der Waals surface area contributed by atoms with Crippen LogP contribution in [0.4, 0.5) is 5.13 Å². The molecule has 2 aliphatic rings. The summed E-state index contributed by atoms with van der Waals surface area (Å²) in [7, 11) is 0. The first-order valence-corrected chi connectivity index (χ1v) is 12.3. The monoisotopic (exact) mass is 520 g/mol. The third-order valence-electron chi connectivity index (χ3n) is 5.21. The van der Waals surface area contributed by atoms with Gasteiger partial charge in [-0.3, -0.25) is 14.5 Å². The van der Waals surface area contributed by atoms with Crippen LogP contribution in [0.15, 0.2) is 41.0 Å². The standard InChI is InChI=1S/C20H21N7O6S2/c1-2-33-24-12(15-23-20(21)35-25-15)16(29)22-13-17(30)27-14(19(31)32)11(9-34-18(13)27)7-26-5-3-10(8-28)4-6-26/h3-6,13,18,28H,2,7-9H2,1H3,(H3-,21,22,23,25,29,31,32)/p+1/t13?,18-/m0/s1. The lowest BCUT2D eigenvalue weighted by atomic mass is 10.0. The summed E-state index contributed by atoms with van der Waals surface area (Å²) in [5, 5.41) is 25.0. The van der Waals surface area contributed by atoms with E-state index in [1.807, 2.05) is 0 Å². The molecule has 2 aromatic rings. The van der Waals surface area contributed by atoms with Gasteiger partial charge in [0, 0.05) is 35.0 Å². The average molecular weight is 521 g/mol. The molecular weight excluding hydrogens is 498 g/mol. The number of amides is 2. The molecular formula is C20H22N7O6S2+. The van der Waals surface area contributed by atoms with Crippen molar-refractivity contribution in [3.05, 3.63) is 47.2 Å². The lowest BCUT2D eigenvalue weighted by molar-refractivity contribution is -0.689. The number of nitrogens with zero attached hydrogens (tertiary/aromatic N) is 5. The minimum Gasteiger partial charge on any atom is -0.477 e. The highest BCUT2D eigenvalue weighted by atomic mass is 32.2. The summed E-state index contributed by atoms with van der Waals surface area (Å²) in [6.07, 6.45) is 3.46. The number of anilines is 1. The largest absolute Gasteiger partial charge is 0.477 e. The van der Waals surface area contributed by atoms with Gasteiger partial charge >= 0.3 is 5.97 Å². The van der Waals surface area contributed by atoms with Crippen molar-refractivity contribution in [3.63, 3.8) is 0 Å². The quantitative estimate of drug-likeness (QED) is 0.139. The molecule has 184 valence electrons. The number of oxime groups is 1. The van der Waals surface area contributed by atoms with E-state index in [0.717, 1.165) is 17.1 Å². The van der Waals surface area contributed by atoms with Crippen LogP contribution in [0.2, 0.25) is 0 Å². The van der Waals surface area contributed by atoms with Crippen LogP contribution < -0.4 is 15.6 Å². The first-order valence-electron chi connectivity index (χ1n) is 10.4. The summed E-state index contributed by atoms with van der Waals surface area (Å²) >= 11 is 2.23. The minimum atomic E-state index is -1.23. The number of aliphatic hydroxyl groups is 1. The number of thioether (sulfide) groups is 1. The molecule has 2 aliphatic heterocycles. The zero-order valence-corrected chi connectivity index (χ0v) is 20.1. The van der Waals surface area contributed by atoms with Gasteiger partial charge in [-0.15, -0.1) is 11.8 Å². The number of pyridine rings is 1. The van der Waals surface area contributed by atoms with E-state index in [1.165, 1.54) is 16.7 Å². The fourth-order valence-electron chi connectivity index (χ4n) is 3.58. The summed E-state index contributed by atoms with van der Waals surface area (Å²) in [5.74, 6) is -2.19. The number of carboxylic acids is 1. The molecule has 2 aromatic heterocycles. The first kappa shape index (κ1) is 24.6. The van der Waals surface area contributed by atoms with E-state index in [9.17, 15) is 24.6 Å². The van der Waals surface area contributed by atoms with Crippen molar-refractivity contribution in [2.45, 2.75) is 31.5 Å². The molecule has 2 atom stereocenters. The predicted octanol–water partition coefficient (Wildman–Crippen LogP) is -0.920. The van der Waals surface area contributed by atoms with E-state index < -0.39 is 29.2 Å². The molecule has 13 nitrogen and oxygen atoms in total. The van der Waals surface area contributed by atoms with Crippen LogP contribution in [0.25, 0.3) is 0 Å². The van der Waals surface area contributed by atoms with Crippen LogP contribution in [0.3, 0.4) is 0 Å². The van der Waals surface area contributed by atoms with Gasteiger partial charge in [-0.25, -0.2) is 9.36 Å². The number of nitrogens with two attached hydrogens (primary N) is 1. The fourth-order valence-corrected chi connectivity index (χ4v) is 5.35. The zero-order valence-electron chi connectivity index (χ0n) is 18.4. The number of rotatable bonds is 9. The fraction of sp³-hybridized carbons (Fsp3) is 0.350. The van der Waals surface area contributed by atoms with Crippen molar-refractivity contribution in [2.75, 3.05) is 18.1 Å². The second kappa shape index (κ2) is 10.4. The van der Waals surface area contributed by atoms with Gasteiger partial charge in [-0.2, -0.15) is 9.36 Å². The molecule has 35 heavy (non-hydrogen) atoms. The van der Waals surface area contributed by atoms with Gasteiger partial charge in [0.15, 0.2) is 24.1 Å². The highest BCUT2D eigenvalue weighted by Crippen LogP contribution is 2.40. The second-order valence-corrected chi connectivity index (χ2v) is 9.36. The number of carboxylic acid groups (broad SMARTS) is 1. The van der Waals surface area contributed by atoms with E-state index in [2.05, 4.69) is 19.8 Å². The highest BCUT2D eigenvalue weighted by molar-refractivity contribution is 8.00. The Morgan fingerprint density at radius 3 is 2.74 bits per heavy atom. The number of hydrogen-bond donors (Lipinski definition) is 4.